The van der Waals surface area contributed by atoms with Crippen molar-refractivity contribution in [1.29, 1.82) is 0 Å². The van der Waals surface area contributed by atoms with Gasteiger partial charge in [-0.3, -0.25) is 14.7 Å². The lowest BCUT2D eigenvalue weighted by atomic mass is 10.1. The van der Waals surface area contributed by atoms with Crippen LogP contribution in [0.15, 0.2) is 0 Å². The molecular weight excluding hydrogens is 244 g/mol. The van der Waals surface area contributed by atoms with Crippen molar-refractivity contribution in [2.75, 3.05) is 0 Å². The van der Waals surface area contributed by atoms with Crippen LogP contribution in [0.3, 0.4) is 0 Å². The van der Waals surface area contributed by atoms with E-state index < -0.39 is 23.9 Å². The fourth-order valence-corrected chi connectivity index (χ4v) is 1.19. The summed E-state index contributed by atoms with van der Waals surface area (Å²) in [5.74, 6) is -2.98. The summed E-state index contributed by atoms with van der Waals surface area (Å²) in [7, 11) is 0. The predicted octanol–water partition coefficient (Wildman–Crippen LogP) is -0.839. The molecule has 0 aromatic carbocycles. The SMILES string of the molecule is Cc1nc(C(=O)N[C@@H](CCC(=O)O)C(=O)O)n[nH]1. The van der Waals surface area contributed by atoms with Crippen molar-refractivity contribution in [3.05, 3.63) is 11.6 Å². The summed E-state index contributed by atoms with van der Waals surface area (Å²) in [6.07, 6.45) is -0.565. The summed E-state index contributed by atoms with van der Waals surface area (Å²) in [4.78, 5) is 36.5. The highest BCUT2D eigenvalue weighted by Gasteiger charge is 2.23. The molecule has 0 fully saturated rings. The second-order valence-corrected chi connectivity index (χ2v) is 3.54. The Labute approximate surface area is 101 Å². The van der Waals surface area contributed by atoms with Crippen molar-refractivity contribution >= 4 is 17.8 Å². The summed E-state index contributed by atoms with van der Waals surface area (Å²) < 4.78 is 0. The van der Waals surface area contributed by atoms with Crippen LogP contribution in [0.4, 0.5) is 0 Å². The van der Waals surface area contributed by atoms with Crippen LogP contribution < -0.4 is 5.32 Å². The van der Waals surface area contributed by atoms with Crippen LogP contribution in [-0.2, 0) is 9.59 Å². The molecule has 0 radical (unpaired) electrons. The van der Waals surface area contributed by atoms with Crippen molar-refractivity contribution in [3.63, 3.8) is 0 Å². The molecule has 4 N–H and O–H groups in total. The van der Waals surface area contributed by atoms with E-state index in [1.165, 1.54) is 0 Å². The average Bonchev–Trinajstić information content (AvgIpc) is 2.70. The number of aryl methyl sites for hydroxylation is 1. The zero-order valence-electron chi connectivity index (χ0n) is 9.51. The minimum absolute atomic E-state index is 0.186. The van der Waals surface area contributed by atoms with Crippen LogP contribution in [0.1, 0.15) is 29.3 Å². The Balaban J connectivity index is 2.63. The number of aliphatic carboxylic acids is 2. The zero-order chi connectivity index (χ0) is 13.7. The molecule has 1 atom stereocenters. The lowest BCUT2D eigenvalue weighted by molar-refractivity contribution is -0.140. The monoisotopic (exact) mass is 256 g/mol. The number of amides is 1. The highest BCUT2D eigenvalue weighted by molar-refractivity contribution is 5.93. The number of carbonyl (C=O) groups is 3. The Morgan fingerprint density at radius 2 is 2.06 bits per heavy atom. The first-order chi connectivity index (χ1) is 8.40. The van der Waals surface area contributed by atoms with E-state index in [4.69, 9.17) is 10.2 Å². The first-order valence-electron chi connectivity index (χ1n) is 5.04. The third-order valence-electron chi connectivity index (χ3n) is 2.05. The third-order valence-corrected chi connectivity index (χ3v) is 2.05. The largest absolute Gasteiger partial charge is 0.481 e. The quantitative estimate of drug-likeness (QED) is 0.519. The molecule has 0 spiro atoms. The molecule has 1 rings (SSSR count). The van der Waals surface area contributed by atoms with Gasteiger partial charge < -0.3 is 15.5 Å². The Bertz CT molecular complexity index is 469. The minimum atomic E-state index is -1.31. The number of nitrogens with one attached hydrogen (secondary N) is 2. The second-order valence-electron chi connectivity index (χ2n) is 3.54. The van der Waals surface area contributed by atoms with Gasteiger partial charge in [0.25, 0.3) is 5.91 Å². The Kier molecular flexibility index (Phi) is 4.35. The van der Waals surface area contributed by atoms with Gasteiger partial charge in [-0.25, -0.2) is 9.78 Å². The third kappa shape index (κ3) is 3.85. The van der Waals surface area contributed by atoms with Crippen LogP contribution in [0.25, 0.3) is 0 Å². The number of carboxylic acids is 2. The topological polar surface area (TPSA) is 145 Å². The van der Waals surface area contributed by atoms with Gasteiger partial charge in [-0.2, -0.15) is 0 Å². The summed E-state index contributed by atoms with van der Waals surface area (Å²) in [5, 5.41) is 25.5. The van der Waals surface area contributed by atoms with Crippen molar-refractivity contribution < 1.29 is 24.6 Å². The van der Waals surface area contributed by atoms with Crippen LogP contribution in [0.2, 0.25) is 0 Å². The number of aromatic amines is 1. The van der Waals surface area contributed by atoms with Gasteiger partial charge in [-0.1, -0.05) is 0 Å². The number of rotatable bonds is 6. The molecule has 0 aliphatic rings. The molecule has 0 saturated heterocycles. The number of aromatic nitrogens is 3. The van der Waals surface area contributed by atoms with Gasteiger partial charge in [0, 0.05) is 6.42 Å². The maximum Gasteiger partial charge on any atom is 0.326 e. The van der Waals surface area contributed by atoms with Crippen LogP contribution >= 0.6 is 0 Å². The fraction of sp³-hybridized carbons (Fsp3) is 0.444. The summed E-state index contributed by atoms with van der Waals surface area (Å²) in [6, 6.07) is -1.28. The molecule has 0 aliphatic carbocycles. The molecule has 0 aliphatic heterocycles. The first-order valence-corrected chi connectivity index (χ1v) is 5.04. The fourth-order valence-electron chi connectivity index (χ4n) is 1.19. The molecular formula is C9H12N4O5. The van der Waals surface area contributed by atoms with Crippen molar-refractivity contribution in [2.45, 2.75) is 25.8 Å². The highest BCUT2D eigenvalue weighted by atomic mass is 16.4. The first kappa shape index (κ1) is 13.6. The Morgan fingerprint density at radius 3 is 2.50 bits per heavy atom. The number of hydrogen-bond donors (Lipinski definition) is 4. The van der Waals surface area contributed by atoms with E-state index in [0.29, 0.717) is 5.82 Å². The van der Waals surface area contributed by atoms with Crippen LogP contribution in [0, 0.1) is 6.92 Å². The number of H-pyrrole nitrogens is 1. The van der Waals surface area contributed by atoms with Gasteiger partial charge in [-0.05, 0) is 13.3 Å². The Hall–Kier alpha value is -2.45. The minimum Gasteiger partial charge on any atom is -0.481 e. The predicted molar refractivity (Wildman–Crippen MR) is 56.9 cm³/mol. The van der Waals surface area contributed by atoms with Gasteiger partial charge in [0.05, 0.1) is 0 Å². The van der Waals surface area contributed by atoms with Crippen LogP contribution in [-0.4, -0.2) is 49.3 Å². The molecule has 1 heterocycles. The molecule has 9 nitrogen and oxygen atoms in total. The summed E-state index contributed by atoms with van der Waals surface area (Å²) >= 11 is 0. The van der Waals surface area contributed by atoms with E-state index in [1.807, 2.05) is 0 Å². The van der Waals surface area contributed by atoms with Crippen molar-refractivity contribution in [2.24, 2.45) is 0 Å². The van der Waals surface area contributed by atoms with Gasteiger partial charge >= 0.3 is 11.9 Å². The second kappa shape index (κ2) is 5.75. The molecule has 1 amide bonds. The lowest BCUT2D eigenvalue weighted by Crippen LogP contribution is -2.41. The molecule has 0 bridgehead atoms. The molecule has 0 saturated carbocycles. The van der Waals surface area contributed by atoms with Gasteiger partial charge in [0.1, 0.15) is 11.9 Å². The standard InChI is InChI=1S/C9H12N4O5/c1-4-10-7(13-12-4)8(16)11-5(9(17)18)2-3-6(14)15/h5H,2-3H2,1H3,(H,11,16)(H,14,15)(H,17,18)(H,10,12,13)/t5-/m0/s1. The number of nitrogens with zero attached hydrogens (tertiary/aromatic N) is 2. The van der Waals surface area contributed by atoms with E-state index in [2.05, 4.69) is 20.5 Å². The van der Waals surface area contributed by atoms with E-state index in [1.54, 1.807) is 6.92 Å². The van der Waals surface area contributed by atoms with E-state index in [9.17, 15) is 14.4 Å². The van der Waals surface area contributed by atoms with Gasteiger partial charge in [0.15, 0.2) is 0 Å². The number of hydrogen-bond acceptors (Lipinski definition) is 5. The molecule has 18 heavy (non-hydrogen) atoms. The smallest absolute Gasteiger partial charge is 0.326 e. The van der Waals surface area contributed by atoms with E-state index >= 15 is 0 Å². The van der Waals surface area contributed by atoms with E-state index in [0.717, 1.165) is 0 Å². The molecule has 98 valence electrons. The van der Waals surface area contributed by atoms with Crippen molar-refractivity contribution in [3.8, 4) is 0 Å². The zero-order valence-corrected chi connectivity index (χ0v) is 9.51. The molecule has 1 aromatic heterocycles. The van der Waals surface area contributed by atoms with Gasteiger partial charge in [0.2, 0.25) is 5.82 Å². The van der Waals surface area contributed by atoms with Gasteiger partial charge in [-0.15, -0.1) is 5.10 Å². The summed E-state index contributed by atoms with van der Waals surface area (Å²) in [5.41, 5.74) is 0. The van der Waals surface area contributed by atoms with Crippen molar-refractivity contribution in [1.82, 2.24) is 20.5 Å². The Morgan fingerprint density at radius 1 is 1.39 bits per heavy atom. The maximum atomic E-state index is 11.6. The number of carbonyl (C=O) groups excluding carboxylic acids is 1. The highest BCUT2D eigenvalue weighted by Crippen LogP contribution is 2.00. The van der Waals surface area contributed by atoms with Crippen LogP contribution in [0.5, 0.6) is 0 Å². The summed E-state index contributed by atoms with van der Waals surface area (Å²) in [6.45, 7) is 1.59. The molecule has 1 aromatic rings. The molecule has 9 heteroatoms. The average molecular weight is 256 g/mol. The van der Waals surface area contributed by atoms with E-state index in [-0.39, 0.29) is 18.7 Å². The molecule has 0 unspecified atom stereocenters. The lowest BCUT2D eigenvalue weighted by Gasteiger charge is -2.11. The maximum absolute atomic E-state index is 11.6. The normalized spacial score (nSPS) is 11.8. The number of carboxylic acid groups (broad SMARTS) is 2.